The lowest BCUT2D eigenvalue weighted by molar-refractivity contribution is 0.0990. The summed E-state index contributed by atoms with van der Waals surface area (Å²) in [7, 11) is 0. The summed E-state index contributed by atoms with van der Waals surface area (Å²) in [6.07, 6.45) is 4.67. The molecule has 0 aliphatic rings. The predicted molar refractivity (Wildman–Crippen MR) is 112 cm³/mol. The van der Waals surface area contributed by atoms with Crippen LogP contribution in [0.25, 0.3) is 5.65 Å². The number of pyridine rings is 1. The Morgan fingerprint density at radius 3 is 2.62 bits per heavy atom. The first-order chi connectivity index (χ1) is 13.9. The molecule has 4 aromatic rings. The van der Waals surface area contributed by atoms with E-state index in [0.717, 1.165) is 22.7 Å². The van der Waals surface area contributed by atoms with Crippen LogP contribution in [0.2, 0.25) is 0 Å². The lowest BCUT2D eigenvalue weighted by Crippen LogP contribution is -2.13. The van der Waals surface area contributed by atoms with Gasteiger partial charge < -0.3 is 19.5 Å². The van der Waals surface area contributed by atoms with Gasteiger partial charge in [-0.25, -0.2) is 9.97 Å². The van der Waals surface area contributed by atoms with E-state index in [9.17, 15) is 4.79 Å². The van der Waals surface area contributed by atoms with Gasteiger partial charge in [-0.15, -0.1) is 0 Å². The van der Waals surface area contributed by atoms with E-state index >= 15 is 0 Å². The maximum Gasteiger partial charge on any atom is 0.311 e. The molecule has 3 aromatic heterocycles. The molecule has 0 saturated heterocycles. The first-order valence-corrected chi connectivity index (χ1v) is 9.43. The summed E-state index contributed by atoms with van der Waals surface area (Å²) < 4.78 is 7.07. The van der Waals surface area contributed by atoms with E-state index in [4.69, 9.17) is 9.40 Å². The number of carbonyl (C=O) groups excluding carboxylic acids is 1. The van der Waals surface area contributed by atoms with Crippen LogP contribution in [0, 0.1) is 27.7 Å². The van der Waals surface area contributed by atoms with Gasteiger partial charge in [0.15, 0.2) is 5.65 Å². The van der Waals surface area contributed by atoms with Gasteiger partial charge in [-0.3, -0.25) is 4.79 Å². The number of amides is 1. The van der Waals surface area contributed by atoms with Gasteiger partial charge in [0.2, 0.25) is 0 Å². The number of fused-ring (bicyclic) bond motifs is 1. The van der Waals surface area contributed by atoms with Crippen molar-refractivity contribution in [1.29, 1.82) is 0 Å². The number of anilines is 2. The largest absolute Gasteiger partial charge is 0.441 e. The fourth-order valence-corrected chi connectivity index (χ4v) is 3.40. The highest BCUT2D eigenvalue weighted by molar-refractivity contribution is 6.01. The van der Waals surface area contributed by atoms with Crippen LogP contribution in [0.4, 0.5) is 11.4 Å². The van der Waals surface area contributed by atoms with Crippen LogP contribution in [0.15, 0.2) is 47.3 Å². The third kappa shape index (κ3) is 3.59. The molecule has 0 radical (unpaired) electrons. The first-order valence-electron chi connectivity index (χ1n) is 9.43. The second-order valence-corrected chi connectivity index (χ2v) is 7.13. The molecule has 0 saturated carbocycles. The smallest absolute Gasteiger partial charge is 0.311 e. The quantitative estimate of drug-likeness (QED) is 0.528. The van der Waals surface area contributed by atoms with Crippen molar-refractivity contribution in [2.45, 2.75) is 34.2 Å². The first kappa shape index (κ1) is 18.7. The van der Waals surface area contributed by atoms with E-state index in [0.29, 0.717) is 12.2 Å². The van der Waals surface area contributed by atoms with Gasteiger partial charge in [0.05, 0.1) is 23.3 Å². The average molecular weight is 389 g/mol. The normalized spacial score (nSPS) is 11.0. The summed E-state index contributed by atoms with van der Waals surface area (Å²) in [6.45, 7) is 8.86. The van der Waals surface area contributed by atoms with Gasteiger partial charge in [0, 0.05) is 18.4 Å². The molecule has 0 aliphatic carbocycles. The lowest BCUT2D eigenvalue weighted by Gasteiger charge is -2.14. The number of aromatic nitrogens is 3. The minimum atomic E-state index is -0.399. The Morgan fingerprint density at radius 1 is 1.17 bits per heavy atom. The molecule has 2 N–H and O–H groups in total. The SMILES string of the molecule is Cc1cccc(C)c1CNc1cc(NC(=O)c2ncco2)cn2c(C)c(C)nc12. The van der Waals surface area contributed by atoms with Crippen molar-refractivity contribution in [3.05, 3.63) is 76.9 Å². The summed E-state index contributed by atoms with van der Waals surface area (Å²) >= 11 is 0. The molecule has 3 heterocycles. The van der Waals surface area contributed by atoms with Crippen LogP contribution in [0.1, 0.15) is 38.8 Å². The van der Waals surface area contributed by atoms with Gasteiger partial charge in [-0.1, -0.05) is 18.2 Å². The summed E-state index contributed by atoms with van der Waals surface area (Å²) in [5, 5.41) is 6.35. The van der Waals surface area contributed by atoms with Gasteiger partial charge in [-0.05, 0) is 50.5 Å². The van der Waals surface area contributed by atoms with Gasteiger partial charge in [0.25, 0.3) is 5.89 Å². The van der Waals surface area contributed by atoms with Gasteiger partial charge in [-0.2, -0.15) is 0 Å². The van der Waals surface area contributed by atoms with Crippen molar-refractivity contribution < 1.29 is 9.21 Å². The monoisotopic (exact) mass is 389 g/mol. The average Bonchev–Trinajstić information content (AvgIpc) is 3.31. The fourth-order valence-electron chi connectivity index (χ4n) is 3.40. The molecule has 0 fully saturated rings. The molecule has 29 heavy (non-hydrogen) atoms. The zero-order valence-corrected chi connectivity index (χ0v) is 16.9. The Morgan fingerprint density at radius 2 is 1.93 bits per heavy atom. The summed E-state index contributed by atoms with van der Waals surface area (Å²) in [4.78, 5) is 21.0. The van der Waals surface area contributed by atoms with Crippen molar-refractivity contribution in [1.82, 2.24) is 14.4 Å². The molecule has 7 heteroatoms. The van der Waals surface area contributed by atoms with Crippen molar-refractivity contribution in [3.8, 4) is 0 Å². The highest BCUT2D eigenvalue weighted by Crippen LogP contribution is 2.26. The molecule has 4 rings (SSSR count). The number of nitrogens with one attached hydrogen (secondary N) is 2. The van der Waals surface area contributed by atoms with E-state index in [1.165, 1.54) is 29.2 Å². The third-order valence-corrected chi connectivity index (χ3v) is 5.18. The minimum absolute atomic E-state index is 0.0219. The van der Waals surface area contributed by atoms with Crippen molar-refractivity contribution in [3.63, 3.8) is 0 Å². The van der Waals surface area contributed by atoms with Gasteiger partial charge >= 0.3 is 5.91 Å². The van der Waals surface area contributed by atoms with Crippen LogP contribution >= 0.6 is 0 Å². The molecule has 148 valence electrons. The Balaban J connectivity index is 1.70. The Labute approximate surface area is 168 Å². The number of aryl methyl sites for hydroxylation is 4. The molecule has 1 aromatic carbocycles. The van der Waals surface area contributed by atoms with E-state index in [1.807, 2.05) is 30.5 Å². The molecule has 0 atom stereocenters. The number of nitrogens with zero attached hydrogens (tertiary/aromatic N) is 3. The van der Waals surface area contributed by atoms with Crippen molar-refractivity contribution >= 4 is 22.9 Å². The van der Waals surface area contributed by atoms with Crippen LogP contribution in [0.3, 0.4) is 0 Å². The van der Waals surface area contributed by atoms with Gasteiger partial charge in [0.1, 0.15) is 6.26 Å². The number of carbonyl (C=O) groups is 1. The van der Waals surface area contributed by atoms with Crippen LogP contribution in [-0.4, -0.2) is 20.3 Å². The van der Waals surface area contributed by atoms with E-state index in [-0.39, 0.29) is 5.89 Å². The second kappa shape index (κ2) is 7.43. The topological polar surface area (TPSA) is 84.5 Å². The standard InChI is InChI=1S/C22H23N5O2/c1-13-6-5-7-14(2)18(13)11-24-19-10-17(26-21(28)22-23-8-9-29-22)12-27-16(4)15(3)25-20(19)27/h5-10,12,24H,11H2,1-4H3,(H,26,28). The Hall–Kier alpha value is -3.61. The number of hydrogen-bond donors (Lipinski definition) is 2. The van der Waals surface area contributed by atoms with Crippen molar-refractivity contribution in [2.24, 2.45) is 0 Å². The van der Waals surface area contributed by atoms with Crippen LogP contribution in [-0.2, 0) is 6.54 Å². The molecule has 0 spiro atoms. The summed E-state index contributed by atoms with van der Waals surface area (Å²) in [5.41, 5.74) is 7.97. The lowest BCUT2D eigenvalue weighted by atomic mass is 10.0. The molecular formula is C22H23N5O2. The maximum absolute atomic E-state index is 12.4. The molecule has 0 bridgehead atoms. The highest BCUT2D eigenvalue weighted by Gasteiger charge is 2.15. The van der Waals surface area contributed by atoms with E-state index < -0.39 is 5.91 Å². The maximum atomic E-state index is 12.4. The van der Waals surface area contributed by atoms with E-state index in [1.54, 1.807) is 0 Å². The van der Waals surface area contributed by atoms with Crippen molar-refractivity contribution in [2.75, 3.05) is 10.6 Å². The molecular weight excluding hydrogens is 366 g/mol. The van der Waals surface area contributed by atoms with Crippen LogP contribution in [0.5, 0.6) is 0 Å². The Bertz CT molecular complexity index is 1170. The molecule has 7 nitrogen and oxygen atoms in total. The molecule has 1 amide bonds. The second-order valence-electron chi connectivity index (χ2n) is 7.13. The number of imidazole rings is 1. The fraction of sp³-hybridized carbons (Fsp3) is 0.227. The zero-order chi connectivity index (χ0) is 20.5. The van der Waals surface area contributed by atoms with E-state index in [2.05, 4.69) is 47.7 Å². The van der Waals surface area contributed by atoms with Crippen LogP contribution < -0.4 is 10.6 Å². The zero-order valence-electron chi connectivity index (χ0n) is 16.9. The highest BCUT2D eigenvalue weighted by atomic mass is 16.3. The predicted octanol–water partition coefficient (Wildman–Crippen LogP) is 4.42. The number of rotatable bonds is 5. The summed E-state index contributed by atoms with van der Waals surface area (Å²) in [5.74, 6) is -0.377. The molecule has 0 unspecified atom stereocenters. The molecule has 0 aliphatic heterocycles. The number of hydrogen-bond acceptors (Lipinski definition) is 5. The minimum Gasteiger partial charge on any atom is -0.441 e. The third-order valence-electron chi connectivity index (χ3n) is 5.18. The number of oxazole rings is 1. The summed E-state index contributed by atoms with van der Waals surface area (Å²) in [6, 6.07) is 8.16. The Kier molecular flexibility index (Phi) is 4.80. The number of benzene rings is 1.